The molecule has 2 aromatic rings. The molecule has 4 rings (SSSR count). The summed E-state index contributed by atoms with van der Waals surface area (Å²) in [6, 6.07) is 4.59. The Kier molecular flexibility index (Phi) is 7.85. The lowest BCUT2D eigenvalue weighted by Gasteiger charge is -2.31. The number of aryl methyl sites for hydroxylation is 1. The number of pyridine rings is 1. The first kappa shape index (κ1) is 26.3. The van der Waals surface area contributed by atoms with Crippen LogP contribution in [0.25, 0.3) is 0 Å². The van der Waals surface area contributed by atoms with Crippen molar-refractivity contribution in [1.82, 2.24) is 9.88 Å². The molecular weight excluding hydrogens is 500 g/mol. The van der Waals surface area contributed by atoms with Crippen LogP contribution in [0.1, 0.15) is 43.4 Å². The van der Waals surface area contributed by atoms with Crippen LogP contribution in [0.15, 0.2) is 30.3 Å². The standard InChI is InChI=1S/C25H27ClF4N4O2/c1-16-13-17(25(28,29)30)14-22(31-16)34-21(7-8-23(34)35)24(36)33(12-4-11-32-9-2-3-10-32)18-5-6-20(27)19(26)15-18/h5-6,13-15,21H,2-4,7-12H2,1H3/t21-/m0/s1. The summed E-state index contributed by atoms with van der Waals surface area (Å²) in [5.74, 6) is -1.79. The van der Waals surface area contributed by atoms with E-state index in [0.717, 1.165) is 55.6 Å². The molecule has 11 heteroatoms. The summed E-state index contributed by atoms with van der Waals surface area (Å²) in [5.41, 5.74) is -0.498. The van der Waals surface area contributed by atoms with Gasteiger partial charge in [0.15, 0.2) is 0 Å². The Morgan fingerprint density at radius 3 is 2.58 bits per heavy atom. The van der Waals surface area contributed by atoms with Gasteiger partial charge in [-0.1, -0.05) is 11.6 Å². The lowest BCUT2D eigenvalue weighted by molar-refractivity contribution is -0.137. The number of alkyl halides is 3. The third kappa shape index (κ3) is 5.81. The van der Waals surface area contributed by atoms with Crippen molar-refractivity contribution in [2.75, 3.05) is 36.0 Å². The Morgan fingerprint density at radius 1 is 1.19 bits per heavy atom. The summed E-state index contributed by atoms with van der Waals surface area (Å²) in [6.07, 6.45) is -1.62. The highest BCUT2D eigenvalue weighted by Crippen LogP contribution is 2.35. The Hall–Kier alpha value is -2.72. The van der Waals surface area contributed by atoms with E-state index in [9.17, 15) is 27.2 Å². The molecule has 0 aliphatic carbocycles. The largest absolute Gasteiger partial charge is 0.416 e. The minimum atomic E-state index is -4.63. The van der Waals surface area contributed by atoms with Gasteiger partial charge in [-0.2, -0.15) is 13.2 Å². The minimum Gasteiger partial charge on any atom is -0.311 e. The predicted octanol–water partition coefficient (Wildman–Crippen LogP) is 5.22. The van der Waals surface area contributed by atoms with Crippen LogP contribution in [-0.2, 0) is 15.8 Å². The normalized spacial score (nSPS) is 18.8. The molecule has 2 fully saturated rings. The van der Waals surface area contributed by atoms with E-state index in [2.05, 4.69) is 9.88 Å². The molecule has 2 saturated heterocycles. The van der Waals surface area contributed by atoms with Gasteiger partial charge in [0.25, 0.3) is 0 Å². The lowest BCUT2D eigenvalue weighted by atomic mass is 10.1. The number of halogens is 5. The smallest absolute Gasteiger partial charge is 0.311 e. The summed E-state index contributed by atoms with van der Waals surface area (Å²) in [7, 11) is 0. The molecular formula is C25H27ClF4N4O2. The van der Waals surface area contributed by atoms with Crippen molar-refractivity contribution < 1.29 is 27.2 Å². The van der Waals surface area contributed by atoms with Crippen LogP contribution in [-0.4, -0.2) is 53.9 Å². The number of hydrogen-bond acceptors (Lipinski definition) is 4. The molecule has 0 saturated carbocycles. The van der Waals surface area contributed by atoms with Gasteiger partial charge >= 0.3 is 6.18 Å². The molecule has 1 aromatic carbocycles. The first-order valence-corrected chi connectivity index (χ1v) is 12.3. The SMILES string of the molecule is Cc1cc(C(F)(F)F)cc(N2C(=O)CC[C@H]2C(=O)N(CCCN2CCCC2)c2ccc(F)c(Cl)c2)n1. The second-order valence-corrected chi connectivity index (χ2v) is 9.57. The molecule has 0 radical (unpaired) electrons. The highest BCUT2D eigenvalue weighted by atomic mass is 35.5. The fraction of sp³-hybridized carbons (Fsp3) is 0.480. The monoisotopic (exact) mass is 526 g/mol. The topological polar surface area (TPSA) is 56.8 Å². The van der Waals surface area contributed by atoms with Crippen LogP contribution in [0, 0.1) is 12.7 Å². The first-order valence-electron chi connectivity index (χ1n) is 11.9. The number of carbonyl (C=O) groups is 2. The van der Waals surface area contributed by atoms with Gasteiger partial charge in [-0.25, -0.2) is 9.37 Å². The summed E-state index contributed by atoms with van der Waals surface area (Å²) >= 11 is 5.98. The lowest BCUT2D eigenvalue weighted by Crippen LogP contribution is -2.48. The summed E-state index contributed by atoms with van der Waals surface area (Å²) in [5, 5.41) is -0.153. The second kappa shape index (κ2) is 10.7. The van der Waals surface area contributed by atoms with Crippen molar-refractivity contribution in [2.24, 2.45) is 0 Å². The number of amides is 2. The van der Waals surface area contributed by atoms with Crippen LogP contribution in [0.4, 0.5) is 29.1 Å². The van der Waals surface area contributed by atoms with E-state index in [1.165, 1.54) is 24.0 Å². The maximum Gasteiger partial charge on any atom is 0.416 e. The van der Waals surface area contributed by atoms with Gasteiger partial charge in [0.2, 0.25) is 11.8 Å². The molecule has 0 N–H and O–H groups in total. The number of carbonyl (C=O) groups excluding carboxylic acids is 2. The Bertz CT molecular complexity index is 1140. The maximum atomic E-state index is 13.8. The van der Waals surface area contributed by atoms with E-state index >= 15 is 0 Å². The van der Waals surface area contributed by atoms with Crippen molar-refractivity contribution in [3.05, 3.63) is 52.4 Å². The zero-order valence-electron chi connectivity index (χ0n) is 19.8. The number of likely N-dealkylation sites (tertiary alicyclic amines) is 1. The van der Waals surface area contributed by atoms with E-state index in [-0.39, 0.29) is 35.9 Å². The van der Waals surface area contributed by atoms with Crippen LogP contribution in [0.3, 0.4) is 0 Å². The van der Waals surface area contributed by atoms with Crippen molar-refractivity contribution in [3.8, 4) is 0 Å². The summed E-state index contributed by atoms with van der Waals surface area (Å²) in [6.45, 7) is 4.43. The fourth-order valence-corrected chi connectivity index (χ4v) is 4.98. The van der Waals surface area contributed by atoms with Gasteiger partial charge < -0.3 is 9.80 Å². The van der Waals surface area contributed by atoms with E-state index < -0.39 is 35.4 Å². The van der Waals surface area contributed by atoms with Crippen LogP contribution in [0.5, 0.6) is 0 Å². The van der Waals surface area contributed by atoms with E-state index in [1.54, 1.807) is 0 Å². The zero-order chi connectivity index (χ0) is 26.0. The predicted molar refractivity (Wildman–Crippen MR) is 129 cm³/mol. The van der Waals surface area contributed by atoms with E-state index in [4.69, 9.17) is 11.6 Å². The van der Waals surface area contributed by atoms with Crippen molar-refractivity contribution >= 4 is 34.9 Å². The number of hydrogen-bond donors (Lipinski definition) is 0. The van der Waals surface area contributed by atoms with Gasteiger partial charge in [-0.15, -0.1) is 0 Å². The number of anilines is 2. The van der Waals surface area contributed by atoms with Gasteiger partial charge in [-0.05, 0) is 82.6 Å². The van der Waals surface area contributed by atoms with Crippen LogP contribution >= 0.6 is 11.6 Å². The highest BCUT2D eigenvalue weighted by molar-refractivity contribution is 6.31. The number of benzene rings is 1. The van der Waals surface area contributed by atoms with Gasteiger partial charge in [-0.3, -0.25) is 14.5 Å². The molecule has 0 unspecified atom stereocenters. The molecule has 0 spiro atoms. The van der Waals surface area contributed by atoms with Gasteiger partial charge in [0.1, 0.15) is 17.7 Å². The molecule has 36 heavy (non-hydrogen) atoms. The molecule has 1 atom stereocenters. The van der Waals surface area contributed by atoms with Crippen molar-refractivity contribution in [1.29, 1.82) is 0 Å². The van der Waals surface area contributed by atoms with Crippen LogP contribution in [0.2, 0.25) is 5.02 Å². The first-order chi connectivity index (χ1) is 17.0. The summed E-state index contributed by atoms with van der Waals surface area (Å²) < 4.78 is 54.1. The number of nitrogens with zero attached hydrogens (tertiary/aromatic N) is 4. The van der Waals surface area contributed by atoms with Crippen LogP contribution < -0.4 is 9.80 Å². The second-order valence-electron chi connectivity index (χ2n) is 9.16. The molecule has 2 aliphatic rings. The maximum absolute atomic E-state index is 13.8. The third-order valence-electron chi connectivity index (χ3n) is 6.55. The fourth-order valence-electron chi connectivity index (χ4n) is 4.80. The van der Waals surface area contributed by atoms with Gasteiger partial charge in [0.05, 0.1) is 10.6 Å². The van der Waals surface area contributed by atoms with Crippen molar-refractivity contribution in [2.45, 2.75) is 51.2 Å². The van der Waals surface area contributed by atoms with Gasteiger partial charge in [0, 0.05) is 24.3 Å². The Morgan fingerprint density at radius 2 is 1.92 bits per heavy atom. The van der Waals surface area contributed by atoms with E-state index in [0.29, 0.717) is 12.1 Å². The summed E-state index contributed by atoms with van der Waals surface area (Å²) in [4.78, 5) is 35.5. The molecule has 194 valence electrons. The minimum absolute atomic E-state index is 0.000822. The highest BCUT2D eigenvalue weighted by Gasteiger charge is 2.41. The van der Waals surface area contributed by atoms with E-state index in [1.807, 2.05) is 0 Å². The number of rotatable bonds is 7. The average molecular weight is 527 g/mol. The molecule has 2 amide bonds. The zero-order valence-corrected chi connectivity index (χ0v) is 20.6. The molecule has 0 bridgehead atoms. The molecule has 3 heterocycles. The Labute approximate surface area is 211 Å². The quantitative estimate of drug-likeness (QED) is 0.464. The molecule has 2 aliphatic heterocycles. The average Bonchev–Trinajstić information content (AvgIpc) is 3.47. The number of aromatic nitrogens is 1. The van der Waals surface area contributed by atoms with Crippen molar-refractivity contribution in [3.63, 3.8) is 0 Å². The third-order valence-corrected chi connectivity index (χ3v) is 6.84. The molecule has 1 aromatic heterocycles. The molecule has 6 nitrogen and oxygen atoms in total. The Balaban J connectivity index is 1.63.